The van der Waals surface area contributed by atoms with E-state index in [9.17, 15) is 14.4 Å². The number of carbonyl (C=O) groups excluding carboxylic acids is 3. The normalized spacial score (nSPS) is 18.7. The average Bonchev–Trinajstić information content (AvgIpc) is 3.53. The molecule has 0 radical (unpaired) electrons. The minimum Gasteiger partial charge on any atom is -0.352 e. The molecule has 1 saturated carbocycles. The number of hydrogen-bond acceptors (Lipinski definition) is 4. The van der Waals surface area contributed by atoms with Gasteiger partial charge in [-0.1, -0.05) is 23.7 Å². The van der Waals surface area contributed by atoms with E-state index in [0.717, 1.165) is 25.8 Å². The van der Waals surface area contributed by atoms with Crippen LogP contribution < -0.4 is 5.32 Å². The first-order valence-electron chi connectivity index (χ1n) is 10.2. The number of nitrogens with zero attached hydrogens (tertiary/aromatic N) is 3. The number of carbonyl (C=O) groups is 3. The van der Waals surface area contributed by atoms with Crippen LogP contribution in [0.1, 0.15) is 36.5 Å². The third-order valence-corrected chi connectivity index (χ3v) is 5.86. The lowest BCUT2D eigenvalue weighted by Crippen LogP contribution is -2.49. The van der Waals surface area contributed by atoms with Gasteiger partial charge in [-0.05, 0) is 38.3 Å². The summed E-state index contributed by atoms with van der Waals surface area (Å²) in [7, 11) is 1.66. The molecule has 7 nitrogen and oxygen atoms in total. The molecule has 2 aliphatic rings. The molecule has 29 heavy (non-hydrogen) atoms. The number of rotatable bonds is 6. The van der Waals surface area contributed by atoms with E-state index in [2.05, 4.69) is 10.2 Å². The highest BCUT2D eigenvalue weighted by atomic mass is 35.5. The average molecular weight is 421 g/mol. The first kappa shape index (κ1) is 21.6. The second kappa shape index (κ2) is 9.59. The lowest BCUT2D eigenvalue weighted by Gasteiger charge is -2.30. The van der Waals surface area contributed by atoms with Gasteiger partial charge in [0.25, 0.3) is 5.91 Å². The highest BCUT2D eigenvalue weighted by Gasteiger charge is 2.29. The monoisotopic (exact) mass is 420 g/mol. The third kappa shape index (κ3) is 5.70. The molecule has 8 heteroatoms. The van der Waals surface area contributed by atoms with Crippen LogP contribution in [-0.2, 0) is 9.59 Å². The van der Waals surface area contributed by atoms with Crippen LogP contribution in [0.15, 0.2) is 24.3 Å². The zero-order valence-electron chi connectivity index (χ0n) is 17.1. The van der Waals surface area contributed by atoms with Crippen LogP contribution in [0.3, 0.4) is 0 Å². The Balaban J connectivity index is 1.53. The molecular weight excluding hydrogens is 392 g/mol. The maximum atomic E-state index is 12.8. The molecule has 3 amide bonds. The molecule has 1 aliphatic heterocycles. The summed E-state index contributed by atoms with van der Waals surface area (Å²) in [5.41, 5.74) is 0.508. The lowest BCUT2D eigenvalue weighted by molar-refractivity contribution is -0.138. The fraction of sp³-hybridized carbons (Fsp3) is 0.571. The fourth-order valence-electron chi connectivity index (χ4n) is 3.60. The number of halogens is 1. The third-order valence-electron chi connectivity index (χ3n) is 5.53. The van der Waals surface area contributed by atoms with Crippen LogP contribution in [0.25, 0.3) is 0 Å². The zero-order valence-corrected chi connectivity index (χ0v) is 17.8. The van der Waals surface area contributed by atoms with E-state index in [1.807, 2.05) is 6.92 Å². The number of likely N-dealkylation sites (N-methyl/N-ethyl adjacent to an activating group) is 1. The van der Waals surface area contributed by atoms with Crippen molar-refractivity contribution < 1.29 is 14.4 Å². The molecule has 158 valence electrons. The van der Waals surface area contributed by atoms with Gasteiger partial charge in [0.2, 0.25) is 11.8 Å². The topological polar surface area (TPSA) is 73.0 Å². The fourth-order valence-corrected chi connectivity index (χ4v) is 3.82. The first-order valence-corrected chi connectivity index (χ1v) is 10.6. The van der Waals surface area contributed by atoms with Crippen LogP contribution in [0.5, 0.6) is 0 Å². The maximum Gasteiger partial charge on any atom is 0.255 e. The van der Waals surface area contributed by atoms with Crippen LogP contribution in [0, 0.1) is 0 Å². The first-order chi connectivity index (χ1) is 13.9. The Bertz CT molecular complexity index is 768. The van der Waals surface area contributed by atoms with Gasteiger partial charge in [-0.2, -0.15) is 0 Å². The Kier molecular flexibility index (Phi) is 7.14. The molecule has 1 N–H and O–H groups in total. The highest BCUT2D eigenvalue weighted by Crippen LogP contribution is 2.19. The molecule has 2 fully saturated rings. The van der Waals surface area contributed by atoms with Crippen LogP contribution >= 0.6 is 11.6 Å². The van der Waals surface area contributed by atoms with Crippen molar-refractivity contribution in [2.75, 3.05) is 39.8 Å². The number of amides is 3. The summed E-state index contributed by atoms with van der Waals surface area (Å²) in [5, 5.41) is 3.36. The second-order valence-electron chi connectivity index (χ2n) is 7.87. The Morgan fingerprint density at radius 1 is 1.17 bits per heavy atom. The van der Waals surface area contributed by atoms with Gasteiger partial charge in [-0.3, -0.25) is 19.3 Å². The van der Waals surface area contributed by atoms with Gasteiger partial charge >= 0.3 is 0 Å². The Morgan fingerprint density at radius 3 is 2.59 bits per heavy atom. The lowest BCUT2D eigenvalue weighted by atomic mass is 10.2. The van der Waals surface area contributed by atoms with Crippen molar-refractivity contribution in [1.29, 1.82) is 0 Å². The quantitative estimate of drug-likeness (QED) is 0.758. The van der Waals surface area contributed by atoms with E-state index in [1.165, 1.54) is 4.90 Å². The van der Waals surface area contributed by atoms with Crippen molar-refractivity contribution in [2.24, 2.45) is 0 Å². The van der Waals surface area contributed by atoms with Crippen LogP contribution in [0.4, 0.5) is 0 Å². The van der Waals surface area contributed by atoms with Crippen molar-refractivity contribution in [3.05, 3.63) is 34.9 Å². The summed E-state index contributed by atoms with van der Waals surface area (Å²) in [6.45, 7) is 4.43. The predicted molar refractivity (Wildman–Crippen MR) is 112 cm³/mol. The summed E-state index contributed by atoms with van der Waals surface area (Å²) in [6, 6.07) is 7.01. The molecule has 1 aromatic carbocycles. The van der Waals surface area contributed by atoms with E-state index in [4.69, 9.17) is 11.6 Å². The van der Waals surface area contributed by atoms with Crippen molar-refractivity contribution >= 4 is 29.3 Å². The highest BCUT2D eigenvalue weighted by molar-refractivity contribution is 6.33. The molecule has 1 heterocycles. The molecule has 1 aliphatic carbocycles. The summed E-state index contributed by atoms with van der Waals surface area (Å²) in [4.78, 5) is 42.9. The Hall–Kier alpha value is -2.12. The van der Waals surface area contributed by atoms with Gasteiger partial charge < -0.3 is 15.1 Å². The van der Waals surface area contributed by atoms with Gasteiger partial charge in [0, 0.05) is 39.3 Å². The smallest absolute Gasteiger partial charge is 0.255 e. The Labute approximate surface area is 177 Å². The second-order valence-corrected chi connectivity index (χ2v) is 8.28. The molecule has 0 spiro atoms. The van der Waals surface area contributed by atoms with Gasteiger partial charge in [0.15, 0.2) is 0 Å². The van der Waals surface area contributed by atoms with E-state index in [-0.39, 0.29) is 36.3 Å². The van der Waals surface area contributed by atoms with Crippen LogP contribution in [0.2, 0.25) is 5.02 Å². The van der Waals surface area contributed by atoms with Gasteiger partial charge in [-0.25, -0.2) is 0 Å². The molecule has 0 aromatic heterocycles. The molecule has 1 atom stereocenters. The molecule has 1 saturated heterocycles. The summed E-state index contributed by atoms with van der Waals surface area (Å²) >= 11 is 6.17. The SMILES string of the molecule is CC(C(=O)N(C)CC(=O)NC1CC1)N1CCCN(C(=O)c2ccccc2Cl)CC1. The van der Waals surface area contributed by atoms with Crippen LogP contribution in [-0.4, -0.2) is 84.3 Å². The summed E-state index contributed by atoms with van der Waals surface area (Å²) in [5.74, 6) is -0.268. The predicted octanol–water partition coefficient (Wildman–Crippen LogP) is 1.61. The van der Waals surface area contributed by atoms with Crippen molar-refractivity contribution in [2.45, 2.75) is 38.3 Å². The minimum atomic E-state index is -0.343. The van der Waals surface area contributed by atoms with Crippen molar-refractivity contribution in [1.82, 2.24) is 20.0 Å². The molecule has 1 unspecified atom stereocenters. The molecular formula is C21H29ClN4O3. The number of hydrogen-bond donors (Lipinski definition) is 1. The zero-order chi connectivity index (χ0) is 21.0. The van der Waals surface area contributed by atoms with Gasteiger partial charge in [-0.15, -0.1) is 0 Å². The molecule has 3 rings (SSSR count). The Morgan fingerprint density at radius 2 is 1.90 bits per heavy atom. The summed E-state index contributed by atoms with van der Waals surface area (Å²) in [6.07, 6.45) is 2.83. The standard InChI is InChI=1S/C21H29ClN4O3/c1-15(20(28)24(2)14-19(27)23-16-8-9-16)25-10-5-11-26(13-12-25)21(29)17-6-3-4-7-18(17)22/h3-4,6-7,15-16H,5,8-14H2,1-2H3,(H,23,27). The molecule has 1 aromatic rings. The number of nitrogens with one attached hydrogen (secondary N) is 1. The minimum absolute atomic E-state index is 0.0740. The van der Waals surface area contributed by atoms with E-state index >= 15 is 0 Å². The maximum absolute atomic E-state index is 12.8. The van der Waals surface area contributed by atoms with E-state index in [0.29, 0.717) is 30.2 Å². The van der Waals surface area contributed by atoms with E-state index < -0.39 is 0 Å². The largest absolute Gasteiger partial charge is 0.352 e. The van der Waals surface area contributed by atoms with Gasteiger partial charge in [0.1, 0.15) is 0 Å². The van der Waals surface area contributed by atoms with Crippen molar-refractivity contribution in [3.8, 4) is 0 Å². The van der Waals surface area contributed by atoms with Crippen molar-refractivity contribution in [3.63, 3.8) is 0 Å². The summed E-state index contributed by atoms with van der Waals surface area (Å²) < 4.78 is 0. The molecule has 0 bridgehead atoms. The number of benzene rings is 1. The van der Waals surface area contributed by atoms with E-state index in [1.54, 1.807) is 36.2 Å². The van der Waals surface area contributed by atoms with Gasteiger partial charge in [0.05, 0.1) is 23.2 Å².